The molecular formula is C20H18N4O5. The van der Waals surface area contributed by atoms with Crippen LogP contribution in [0.1, 0.15) is 37.7 Å². The Morgan fingerprint density at radius 1 is 1.17 bits per heavy atom. The highest BCUT2D eigenvalue weighted by Gasteiger charge is 2.23. The number of carbonyl (C=O) groups excluding carboxylic acids is 2. The molecule has 29 heavy (non-hydrogen) atoms. The second kappa shape index (κ2) is 7.93. The number of primary amides is 1. The normalized spacial score (nSPS) is 10.6. The summed E-state index contributed by atoms with van der Waals surface area (Å²) >= 11 is 0. The van der Waals surface area contributed by atoms with E-state index in [4.69, 9.17) is 10.5 Å². The first kappa shape index (κ1) is 19.7. The molecule has 9 nitrogen and oxygen atoms in total. The van der Waals surface area contributed by atoms with Crippen molar-refractivity contribution in [2.45, 2.75) is 20.5 Å². The smallest absolute Gasteiger partial charge is 0.342 e. The standard InChI is InChI=1S/C20H18N4O5/c1-12-18(13(2)23(22-12)16-6-4-3-5-7-16)20(26)29-11-15-9-8-14(19(21)25)10-17(15)24(27)28/h3-10H,11H2,1-2H3,(H2,21,25). The van der Waals surface area contributed by atoms with E-state index in [1.54, 1.807) is 18.5 Å². The number of nitro benzene ring substituents is 1. The second-order valence-electron chi connectivity index (χ2n) is 6.33. The summed E-state index contributed by atoms with van der Waals surface area (Å²) in [5, 5.41) is 15.7. The average Bonchev–Trinajstić information content (AvgIpc) is 3.00. The molecular weight excluding hydrogens is 376 g/mol. The van der Waals surface area contributed by atoms with E-state index in [0.29, 0.717) is 17.0 Å². The SMILES string of the molecule is Cc1nn(-c2ccccc2)c(C)c1C(=O)OCc1ccc(C(N)=O)cc1[N+](=O)[O-]. The zero-order valence-electron chi connectivity index (χ0n) is 15.8. The van der Waals surface area contributed by atoms with Crippen molar-refractivity contribution in [3.8, 4) is 5.69 Å². The lowest BCUT2D eigenvalue weighted by Gasteiger charge is -2.08. The molecule has 0 bridgehead atoms. The van der Waals surface area contributed by atoms with E-state index in [9.17, 15) is 19.7 Å². The first-order valence-electron chi connectivity index (χ1n) is 8.65. The number of aryl methyl sites for hydroxylation is 1. The van der Waals surface area contributed by atoms with Gasteiger partial charge in [-0.05, 0) is 38.1 Å². The van der Waals surface area contributed by atoms with Crippen LogP contribution >= 0.6 is 0 Å². The Hall–Kier alpha value is -4.01. The lowest BCUT2D eigenvalue weighted by molar-refractivity contribution is -0.385. The molecule has 148 valence electrons. The van der Waals surface area contributed by atoms with Gasteiger partial charge in [0.15, 0.2) is 0 Å². The summed E-state index contributed by atoms with van der Waals surface area (Å²) in [4.78, 5) is 34.5. The van der Waals surface area contributed by atoms with Crippen molar-refractivity contribution in [2.24, 2.45) is 5.73 Å². The van der Waals surface area contributed by atoms with Crippen LogP contribution < -0.4 is 5.73 Å². The zero-order valence-corrected chi connectivity index (χ0v) is 15.8. The largest absolute Gasteiger partial charge is 0.457 e. The summed E-state index contributed by atoms with van der Waals surface area (Å²) < 4.78 is 6.94. The lowest BCUT2D eigenvalue weighted by Crippen LogP contribution is -2.13. The number of benzene rings is 2. The molecule has 0 aliphatic heterocycles. The highest BCUT2D eigenvalue weighted by atomic mass is 16.6. The van der Waals surface area contributed by atoms with E-state index in [0.717, 1.165) is 11.8 Å². The van der Waals surface area contributed by atoms with Crippen LogP contribution in [0.15, 0.2) is 48.5 Å². The van der Waals surface area contributed by atoms with Gasteiger partial charge in [0, 0.05) is 11.6 Å². The molecule has 0 fully saturated rings. The van der Waals surface area contributed by atoms with Crippen LogP contribution in [-0.2, 0) is 11.3 Å². The van der Waals surface area contributed by atoms with Crippen LogP contribution in [0.5, 0.6) is 0 Å². The Kier molecular flexibility index (Phi) is 5.40. The third-order valence-corrected chi connectivity index (χ3v) is 4.42. The van der Waals surface area contributed by atoms with Gasteiger partial charge in [-0.15, -0.1) is 0 Å². The van der Waals surface area contributed by atoms with Crippen molar-refractivity contribution in [3.05, 3.63) is 86.7 Å². The van der Waals surface area contributed by atoms with Gasteiger partial charge in [-0.3, -0.25) is 14.9 Å². The molecule has 0 radical (unpaired) electrons. The quantitative estimate of drug-likeness (QED) is 0.389. The molecule has 1 amide bonds. The number of nitrogens with two attached hydrogens (primary N) is 1. The van der Waals surface area contributed by atoms with E-state index >= 15 is 0 Å². The van der Waals surface area contributed by atoms with Gasteiger partial charge in [0.05, 0.1) is 27.6 Å². The molecule has 1 aromatic heterocycles. The third-order valence-electron chi connectivity index (χ3n) is 4.42. The second-order valence-corrected chi connectivity index (χ2v) is 6.33. The fourth-order valence-corrected chi connectivity index (χ4v) is 2.98. The number of hydrogen-bond acceptors (Lipinski definition) is 6. The van der Waals surface area contributed by atoms with Gasteiger partial charge in [0.25, 0.3) is 5.69 Å². The summed E-state index contributed by atoms with van der Waals surface area (Å²) in [6.45, 7) is 3.10. The van der Waals surface area contributed by atoms with E-state index in [1.807, 2.05) is 30.3 Å². The number of aromatic nitrogens is 2. The number of ether oxygens (including phenoxy) is 1. The fraction of sp³-hybridized carbons (Fsp3) is 0.150. The number of nitrogens with zero attached hydrogens (tertiary/aromatic N) is 3. The number of rotatable bonds is 6. The lowest BCUT2D eigenvalue weighted by atomic mass is 10.1. The molecule has 0 saturated heterocycles. The monoisotopic (exact) mass is 394 g/mol. The van der Waals surface area contributed by atoms with Gasteiger partial charge in [0.1, 0.15) is 12.2 Å². The van der Waals surface area contributed by atoms with Gasteiger partial charge in [-0.1, -0.05) is 18.2 Å². The summed E-state index contributed by atoms with van der Waals surface area (Å²) in [6.07, 6.45) is 0. The van der Waals surface area contributed by atoms with Crippen molar-refractivity contribution >= 4 is 17.6 Å². The Balaban J connectivity index is 1.85. The first-order chi connectivity index (χ1) is 13.8. The first-order valence-corrected chi connectivity index (χ1v) is 8.65. The number of para-hydroxylation sites is 1. The molecule has 3 aromatic rings. The summed E-state index contributed by atoms with van der Waals surface area (Å²) in [5.74, 6) is -1.42. The van der Waals surface area contributed by atoms with Gasteiger partial charge < -0.3 is 10.5 Å². The summed E-state index contributed by atoms with van der Waals surface area (Å²) in [5.41, 5.74) is 7.14. The van der Waals surface area contributed by atoms with Gasteiger partial charge in [-0.2, -0.15) is 5.10 Å². The summed E-state index contributed by atoms with van der Waals surface area (Å²) in [7, 11) is 0. The van der Waals surface area contributed by atoms with E-state index < -0.39 is 16.8 Å². The van der Waals surface area contributed by atoms with Gasteiger partial charge >= 0.3 is 5.97 Å². The Labute approximate surface area is 165 Å². The van der Waals surface area contributed by atoms with Crippen LogP contribution in [-0.4, -0.2) is 26.6 Å². The van der Waals surface area contributed by atoms with Crippen LogP contribution in [0.2, 0.25) is 0 Å². The van der Waals surface area contributed by atoms with E-state index in [2.05, 4.69) is 5.10 Å². The molecule has 2 aromatic carbocycles. The van der Waals surface area contributed by atoms with Crippen molar-refractivity contribution in [1.29, 1.82) is 0 Å². The third kappa shape index (κ3) is 3.98. The molecule has 0 aliphatic rings. The van der Waals surface area contributed by atoms with Crippen LogP contribution in [0.4, 0.5) is 5.69 Å². The Morgan fingerprint density at radius 2 is 1.86 bits per heavy atom. The predicted octanol–water partition coefficient (Wildman–Crippen LogP) is 2.85. The van der Waals surface area contributed by atoms with Gasteiger partial charge in [0.2, 0.25) is 5.91 Å². The minimum Gasteiger partial charge on any atom is -0.457 e. The molecule has 0 atom stereocenters. The maximum Gasteiger partial charge on any atom is 0.342 e. The highest BCUT2D eigenvalue weighted by Crippen LogP contribution is 2.23. The highest BCUT2D eigenvalue weighted by molar-refractivity contribution is 5.94. The molecule has 2 N–H and O–H groups in total. The maximum absolute atomic E-state index is 12.6. The summed E-state index contributed by atoms with van der Waals surface area (Å²) in [6, 6.07) is 13.1. The molecule has 0 spiro atoms. The predicted molar refractivity (Wildman–Crippen MR) is 104 cm³/mol. The molecule has 1 heterocycles. The maximum atomic E-state index is 12.6. The number of amides is 1. The van der Waals surface area contributed by atoms with Crippen molar-refractivity contribution in [1.82, 2.24) is 9.78 Å². The average molecular weight is 394 g/mol. The number of hydrogen-bond donors (Lipinski definition) is 1. The fourth-order valence-electron chi connectivity index (χ4n) is 2.98. The number of carbonyl (C=O) groups is 2. The number of esters is 1. The minimum absolute atomic E-state index is 0.00241. The van der Waals surface area contributed by atoms with Crippen molar-refractivity contribution in [2.75, 3.05) is 0 Å². The molecule has 0 unspecified atom stereocenters. The van der Waals surface area contributed by atoms with E-state index in [-0.39, 0.29) is 23.4 Å². The van der Waals surface area contributed by atoms with Crippen LogP contribution in [0.3, 0.4) is 0 Å². The Morgan fingerprint density at radius 3 is 2.48 bits per heavy atom. The van der Waals surface area contributed by atoms with Crippen molar-refractivity contribution < 1.29 is 19.2 Å². The molecule has 9 heteroatoms. The van der Waals surface area contributed by atoms with Crippen molar-refractivity contribution in [3.63, 3.8) is 0 Å². The zero-order chi connectivity index (χ0) is 21.1. The van der Waals surface area contributed by atoms with E-state index in [1.165, 1.54) is 12.1 Å². The topological polar surface area (TPSA) is 130 Å². The minimum atomic E-state index is -0.781. The Bertz CT molecular complexity index is 1110. The molecule has 0 aliphatic carbocycles. The van der Waals surface area contributed by atoms with Gasteiger partial charge in [-0.25, -0.2) is 9.48 Å². The van der Waals surface area contributed by atoms with Crippen LogP contribution in [0.25, 0.3) is 5.69 Å². The number of nitro groups is 1. The van der Waals surface area contributed by atoms with Crippen LogP contribution in [0, 0.1) is 24.0 Å². The molecule has 0 saturated carbocycles. The molecule has 3 rings (SSSR count).